The molecule has 0 aliphatic carbocycles. The molecule has 1 N–H and O–H groups in total. The molecule has 2 atom stereocenters. The molecule has 36 heavy (non-hydrogen) atoms. The Hall–Kier alpha value is -2.09. The molecule has 1 heterocycles. The summed E-state index contributed by atoms with van der Waals surface area (Å²) in [5.41, 5.74) is 1.20. The number of nitrogens with zero attached hydrogens (tertiary/aromatic N) is 1. The van der Waals surface area contributed by atoms with Crippen molar-refractivity contribution in [2.75, 3.05) is 26.3 Å². The maximum absolute atomic E-state index is 12.9. The van der Waals surface area contributed by atoms with Crippen LogP contribution in [0, 0.1) is 0 Å². The molecule has 2 unspecified atom stereocenters. The topological polar surface area (TPSA) is 84.9 Å². The van der Waals surface area contributed by atoms with Crippen LogP contribution in [-0.4, -0.2) is 55.0 Å². The van der Waals surface area contributed by atoms with E-state index in [1.165, 1.54) is 42.6 Å². The zero-order valence-electron chi connectivity index (χ0n) is 22.2. The van der Waals surface area contributed by atoms with Crippen molar-refractivity contribution < 1.29 is 23.9 Å². The highest BCUT2D eigenvalue weighted by molar-refractivity contribution is 9.10. The summed E-state index contributed by atoms with van der Waals surface area (Å²) in [6.45, 7) is 7.33. The number of nitrogens with one attached hydrogen (secondary N) is 1. The van der Waals surface area contributed by atoms with E-state index in [9.17, 15) is 14.4 Å². The van der Waals surface area contributed by atoms with Crippen molar-refractivity contribution in [1.82, 2.24) is 10.2 Å². The van der Waals surface area contributed by atoms with Gasteiger partial charge in [-0.1, -0.05) is 71.8 Å². The predicted molar refractivity (Wildman–Crippen MR) is 145 cm³/mol. The van der Waals surface area contributed by atoms with Crippen molar-refractivity contribution in [3.05, 3.63) is 28.2 Å². The van der Waals surface area contributed by atoms with Crippen LogP contribution in [0.1, 0.15) is 96.5 Å². The van der Waals surface area contributed by atoms with Crippen molar-refractivity contribution >= 4 is 33.7 Å². The van der Waals surface area contributed by atoms with Gasteiger partial charge in [-0.05, 0) is 52.4 Å². The molecule has 0 aromatic heterocycles. The lowest BCUT2D eigenvalue weighted by molar-refractivity contribution is -0.152. The summed E-state index contributed by atoms with van der Waals surface area (Å²) >= 11 is 3.52. The molecule has 1 aliphatic heterocycles. The van der Waals surface area contributed by atoms with Gasteiger partial charge in [0.15, 0.2) is 6.61 Å². The van der Waals surface area contributed by atoms with E-state index >= 15 is 0 Å². The van der Waals surface area contributed by atoms with Crippen LogP contribution in [-0.2, 0) is 19.1 Å². The number of piperazine rings is 1. The zero-order chi connectivity index (χ0) is 26.3. The van der Waals surface area contributed by atoms with Gasteiger partial charge in [-0.25, -0.2) is 0 Å². The molecule has 1 aromatic carbocycles. The van der Waals surface area contributed by atoms with Gasteiger partial charge in [0, 0.05) is 13.1 Å². The molecule has 7 nitrogen and oxygen atoms in total. The third-order valence-corrected chi connectivity index (χ3v) is 7.38. The van der Waals surface area contributed by atoms with Crippen LogP contribution in [0.4, 0.5) is 0 Å². The second kappa shape index (κ2) is 16.6. The number of esters is 1. The Bertz CT molecular complexity index is 847. The average molecular weight is 568 g/mol. The van der Waals surface area contributed by atoms with E-state index in [2.05, 4.69) is 42.0 Å². The highest BCUT2D eigenvalue weighted by Crippen LogP contribution is 2.30. The first-order valence-electron chi connectivity index (χ1n) is 13.5. The van der Waals surface area contributed by atoms with Crippen molar-refractivity contribution in [1.29, 1.82) is 0 Å². The number of benzene rings is 1. The van der Waals surface area contributed by atoms with Crippen LogP contribution >= 0.6 is 15.9 Å². The molecule has 1 fully saturated rings. The quantitative estimate of drug-likeness (QED) is 0.203. The lowest BCUT2D eigenvalue weighted by Crippen LogP contribution is -2.58. The van der Waals surface area contributed by atoms with Gasteiger partial charge < -0.3 is 19.7 Å². The van der Waals surface area contributed by atoms with Crippen LogP contribution in [0.2, 0.25) is 0 Å². The fourth-order valence-electron chi connectivity index (χ4n) is 4.25. The second-order valence-corrected chi connectivity index (χ2v) is 10.4. The van der Waals surface area contributed by atoms with E-state index in [0.29, 0.717) is 31.4 Å². The largest absolute Gasteiger partial charge is 0.483 e. The fraction of sp³-hybridized carbons (Fsp3) is 0.679. The van der Waals surface area contributed by atoms with E-state index in [1.807, 2.05) is 18.2 Å². The van der Waals surface area contributed by atoms with E-state index in [1.54, 1.807) is 0 Å². The van der Waals surface area contributed by atoms with E-state index in [0.717, 1.165) is 30.2 Å². The molecule has 2 amide bonds. The number of carbonyl (C=O) groups is 3. The Morgan fingerprint density at radius 3 is 2.47 bits per heavy atom. The molecular weight excluding hydrogens is 524 g/mol. The molecular formula is C28H43BrN2O5. The van der Waals surface area contributed by atoms with Crippen LogP contribution in [0.3, 0.4) is 0 Å². The van der Waals surface area contributed by atoms with Crippen molar-refractivity contribution in [3.63, 3.8) is 0 Å². The number of amides is 2. The van der Waals surface area contributed by atoms with Gasteiger partial charge >= 0.3 is 5.97 Å². The predicted octanol–water partition coefficient (Wildman–Crippen LogP) is 5.74. The number of ether oxygens (including phenoxy) is 2. The first kappa shape index (κ1) is 30.1. The van der Waals surface area contributed by atoms with Gasteiger partial charge in [-0.2, -0.15) is 0 Å². The third-order valence-electron chi connectivity index (χ3n) is 6.76. The number of rotatable bonds is 16. The Morgan fingerprint density at radius 1 is 1.11 bits per heavy atom. The molecule has 0 radical (unpaired) electrons. The van der Waals surface area contributed by atoms with Crippen molar-refractivity contribution in [2.45, 2.75) is 96.9 Å². The molecule has 8 heteroatoms. The standard InChI is InChI=1S/C28H43BrN2O5/c1-4-6-7-8-9-10-11-12-17-35-27(33)19-24-28(34)30-15-16-31(24)26(32)20-36-25-14-13-22(18-23(25)29)21(3)5-2/h13-14,18,21,24H,4-12,15-17,19-20H2,1-3H3,(H,30,34). The lowest BCUT2D eigenvalue weighted by atomic mass is 9.99. The SMILES string of the molecule is CCCCCCCCCCOC(=O)CC1C(=O)NCCN1C(=O)COc1ccc(C(C)CC)cc1Br. The fourth-order valence-corrected chi connectivity index (χ4v) is 4.76. The van der Waals surface area contributed by atoms with Gasteiger partial charge in [-0.15, -0.1) is 0 Å². The Morgan fingerprint density at radius 2 is 1.81 bits per heavy atom. The number of carbonyl (C=O) groups excluding carboxylic acids is 3. The molecule has 2 rings (SSSR count). The Kier molecular flexibility index (Phi) is 13.9. The molecule has 0 bridgehead atoms. The Balaban J connectivity index is 1.79. The summed E-state index contributed by atoms with van der Waals surface area (Å²) in [6, 6.07) is 4.98. The van der Waals surface area contributed by atoms with Gasteiger partial charge in [-0.3, -0.25) is 14.4 Å². The summed E-state index contributed by atoms with van der Waals surface area (Å²) in [7, 11) is 0. The smallest absolute Gasteiger partial charge is 0.308 e. The minimum absolute atomic E-state index is 0.151. The second-order valence-electron chi connectivity index (χ2n) is 9.58. The number of hydrogen-bond acceptors (Lipinski definition) is 5. The van der Waals surface area contributed by atoms with Crippen molar-refractivity contribution in [3.8, 4) is 5.75 Å². The molecule has 1 saturated heterocycles. The third kappa shape index (κ3) is 10.1. The number of unbranched alkanes of at least 4 members (excludes halogenated alkanes) is 7. The Labute approximate surface area is 224 Å². The van der Waals surface area contributed by atoms with Gasteiger partial charge in [0.1, 0.15) is 11.8 Å². The van der Waals surface area contributed by atoms with Crippen LogP contribution in [0.15, 0.2) is 22.7 Å². The molecule has 0 saturated carbocycles. The van der Waals surface area contributed by atoms with Crippen molar-refractivity contribution in [2.24, 2.45) is 0 Å². The molecule has 1 aromatic rings. The minimum atomic E-state index is -0.878. The first-order chi connectivity index (χ1) is 17.4. The maximum atomic E-state index is 12.9. The highest BCUT2D eigenvalue weighted by atomic mass is 79.9. The summed E-state index contributed by atoms with van der Waals surface area (Å²) < 4.78 is 11.9. The first-order valence-corrected chi connectivity index (χ1v) is 14.3. The molecule has 202 valence electrons. The lowest BCUT2D eigenvalue weighted by Gasteiger charge is -2.34. The van der Waals surface area contributed by atoms with Gasteiger partial charge in [0.05, 0.1) is 17.5 Å². The van der Waals surface area contributed by atoms with Crippen LogP contribution in [0.25, 0.3) is 0 Å². The average Bonchev–Trinajstić information content (AvgIpc) is 2.87. The monoisotopic (exact) mass is 566 g/mol. The summed E-state index contributed by atoms with van der Waals surface area (Å²) in [5.74, 6) is -0.124. The number of hydrogen-bond donors (Lipinski definition) is 1. The molecule has 0 spiro atoms. The zero-order valence-corrected chi connectivity index (χ0v) is 23.7. The van der Waals surface area contributed by atoms with E-state index in [-0.39, 0.29) is 24.8 Å². The number of halogens is 1. The van der Waals surface area contributed by atoms with Crippen LogP contribution in [0.5, 0.6) is 5.75 Å². The minimum Gasteiger partial charge on any atom is -0.483 e. The molecule has 1 aliphatic rings. The maximum Gasteiger partial charge on any atom is 0.308 e. The van der Waals surface area contributed by atoms with Gasteiger partial charge in [0.25, 0.3) is 5.91 Å². The van der Waals surface area contributed by atoms with Gasteiger partial charge in [0.2, 0.25) is 5.91 Å². The summed E-state index contributed by atoms with van der Waals surface area (Å²) in [4.78, 5) is 39.2. The highest BCUT2D eigenvalue weighted by Gasteiger charge is 2.35. The summed E-state index contributed by atoms with van der Waals surface area (Å²) in [6.07, 6.45) is 10.2. The summed E-state index contributed by atoms with van der Waals surface area (Å²) in [5, 5.41) is 2.74. The van der Waals surface area contributed by atoms with E-state index < -0.39 is 12.0 Å². The van der Waals surface area contributed by atoms with E-state index in [4.69, 9.17) is 9.47 Å². The van der Waals surface area contributed by atoms with Crippen LogP contribution < -0.4 is 10.1 Å². The normalized spacial score (nSPS) is 16.4.